The highest BCUT2D eigenvalue weighted by Gasteiger charge is 2.14. The molecule has 0 aliphatic rings. The molecule has 0 aliphatic carbocycles. The van der Waals surface area contributed by atoms with E-state index >= 15 is 0 Å². The van der Waals surface area contributed by atoms with Crippen LogP contribution in [0.2, 0.25) is 0 Å². The van der Waals surface area contributed by atoms with Crippen molar-refractivity contribution in [2.45, 2.75) is 40.2 Å². The maximum absolute atomic E-state index is 5.42. The van der Waals surface area contributed by atoms with Gasteiger partial charge in [-0.15, -0.1) is 0 Å². The number of nitrogens with two attached hydrogens (primary N) is 1. The highest BCUT2D eigenvalue weighted by molar-refractivity contribution is 5.79. The number of nitrogens with one attached hydrogen (secondary N) is 2. The molecule has 0 aliphatic heterocycles. The lowest BCUT2D eigenvalue weighted by Gasteiger charge is -2.23. The third-order valence-corrected chi connectivity index (χ3v) is 2.26. The third kappa shape index (κ3) is 6.63. The Hall–Kier alpha value is -0.810. The molecule has 0 saturated heterocycles. The monoisotopic (exact) mass is 230 g/mol. The maximum Gasteiger partial charge on any atom is 0.206 e. The van der Waals surface area contributed by atoms with Gasteiger partial charge in [0.15, 0.2) is 0 Å². The summed E-state index contributed by atoms with van der Waals surface area (Å²) in [5.74, 6) is 6.51. The molecule has 0 aromatic rings. The first kappa shape index (κ1) is 15.2. The van der Waals surface area contributed by atoms with Crippen LogP contribution < -0.4 is 16.6 Å². The number of ether oxygens (including phenoxy) is 1. The fraction of sp³-hybridized carbons (Fsp3) is 0.909. The van der Waals surface area contributed by atoms with E-state index in [-0.39, 0.29) is 6.04 Å². The summed E-state index contributed by atoms with van der Waals surface area (Å²) in [6, 6.07) is 0.228. The number of hydrogen-bond acceptors (Lipinski definition) is 3. The summed E-state index contributed by atoms with van der Waals surface area (Å²) in [6.07, 6.45) is 1.00. The number of nitrogens with zero attached hydrogens (tertiary/aromatic N) is 1. The van der Waals surface area contributed by atoms with Crippen molar-refractivity contribution in [3.8, 4) is 0 Å². The summed E-state index contributed by atoms with van der Waals surface area (Å²) in [5.41, 5.74) is 2.58. The lowest BCUT2D eigenvalue weighted by molar-refractivity contribution is 0.115. The Morgan fingerprint density at radius 2 is 2.06 bits per heavy atom. The fourth-order valence-corrected chi connectivity index (χ4v) is 1.18. The second kappa shape index (κ2) is 9.42. The number of hydrazine groups is 1. The van der Waals surface area contributed by atoms with Crippen LogP contribution in [0.15, 0.2) is 4.99 Å². The van der Waals surface area contributed by atoms with Crippen LogP contribution in [0.4, 0.5) is 0 Å². The minimum Gasteiger partial charge on any atom is -0.380 e. The van der Waals surface area contributed by atoms with Gasteiger partial charge in [-0.05, 0) is 19.3 Å². The van der Waals surface area contributed by atoms with Gasteiger partial charge in [-0.2, -0.15) is 0 Å². The second-order valence-corrected chi connectivity index (χ2v) is 4.03. The minimum atomic E-state index is 0.228. The molecule has 0 rings (SSSR count). The van der Waals surface area contributed by atoms with Gasteiger partial charge in [0.1, 0.15) is 0 Å². The van der Waals surface area contributed by atoms with Gasteiger partial charge in [0.2, 0.25) is 5.96 Å². The molecule has 0 aromatic carbocycles. The second-order valence-electron chi connectivity index (χ2n) is 4.03. The zero-order valence-electron chi connectivity index (χ0n) is 10.9. The van der Waals surface area contributed by atoms with Gasteiger partial charge in [0.05, 0.1) is 12.6 Å². The molecule has 5 heteroatoms. The van der Waals surface area contributed by atoms with Crippen LogP contribution in [-0.4, -0.2) is 31.8 Å². The van der Waals surface area contributed by atoms with E-state index in [1.807, 2.05) is 6.92 Å². The predicted octanol–water partition coefficient (Wildman–Crippen LogP) is 0.866. The Labute approximate surface area is 98.8 Å². The molecule has 0 fully saturated rings. The normalized spacial score (nSPS) is 14.0. The van der Waals surface area contributed by atoms with Crippen molar-refractivity contribution in [1.29, 1.82) is 0 Å². The molecule has 0 spiro atoms. The quantitative estimate of drug-likeness (QED) is 0.263. The predicted molar refractivity (Wildman–Crippen MR) is 68.2 cm³/mol. The lowest BCUT2D eigenvalue weighted by atomic mass is 10.1. The molecule has 4 N–H and O–H groups in total. The SMILES string of the molecule is CCCN=C(NN)NC(COCC)C(C)C. The number of rotatable bonds is 7. The summed E-state index contributed by atoms with van der Waals surface area (Å²) in [5, 5.41) is 3.26. The first-order valence-corrected chi connectivity index (χ1v) is 6.01. The van der Waals surface area contributed by atoms with Crippen LogP contribution in [0.3, 0.4) is 0 Å². The third-order valence-electron chi connectivity index (χ3n) is 2.26. The number of guanidine groups is 1. The first-order valence-electron chi connectivity index (χ1n) is 6.01. The lowest BCUT2D eigenvalue weighted by Crippen LogP contribution is -2.50. The molecule has 5 nitrogen and oxygen atoms in total. The zero-order chi connectivity index (χ0) is 12.4. The van der Waals surface area contributed by atoms with E-state index in [4.69, 9.17) is 10.6 Å². The van der Waals surface area contributed by atoms with Crippen LogP contribution in [0.1, 0.15) is 34.1 Å². The minimum absolute atomic E-state index is 0.228. The maximum atomic E-state index is 5.42. The molecule has 0 saturated carbocycles. The van der Waals surface area contributed by atoms with Gasteiger partial charge < -0.3 is 10.1 Å². The molecule has 0 amide bonds. The summed E-state index contributed by atoms with van der Waals surface area (Å²) in [7, 11) is 0. The van der Waals surface area contributed by atoms with E-state index in [9.17, 15) is 0 Å². The molecular weight excluding hydrogens is 204 g/mol. The summed E-state index contributed by atoms with van der Waals surface area (Å²) < 4.78 is 5.42. The highest BCUT2D eigenvalue weighted by atomic mass is 16.5. The molecule has 1 unspecified atom stereocenters. The van der Waals surface area contributed by atoms with Crippen molar-refractivity contribution in [3.63, 3.8) is 0 Å². The Bertz CT molecular complexity index is 194. The van der Waals surface area contributed by atoms with Crippen LogP contribution in [0, 0.1) is 5.92 Å². The number of aliphatic imine (C=N–C) groups is 1. The standard InChI is InChI=1S/C11H26N4O/c1-5-7-13-11(15-12)14-10(9(3)4)8-16-6-2/h9-10H,5-8,12H2,1-4H3,(H2,13,14,15). The first-order chi connectivity index (χ1) is 7.65. The number of hydrogen-bond donors (Lipinski definition) is 3. The molecule has 16 heavy (non-hydrogen) atoms. The Morgan fingerprint density at radius 1 is 1.38 bits per heavy atom. The summed E-state index contributed by atoms with van der Waals surface area (Å²) >= 11 is 0. The molecular formula is C11H26N4O. The topological polar surface area (TPSA) is 71.7 Å². The Balaban J connectivity index is 4.22. The van der Waals surface area contributed by atoms with Gasteiger partial charge >= 0.3 is 0 Å². The van der Waals surface area contributed by atoms with Crippen LogP contribution in [0.5, 0.6) is 0 Å². The smallest absolute Gasteiger partial charge is 0.206 e. The van der Waals surface area contributed by atoms with Crippen molar-refractivity contribution in [2.24, 2.45) is 16.8 Å². The zero-order valence-corrected chi connectivity index (χ0v) is 10.9. The van der Waals surface area contributed by atoms with Crippen molar-refractivity contribution in [2.75, 3.05) is 19.8 Å². The van der Waals surface area contributed by atoms with Crippen LogP contribution in [-0.2, 0) is 4.74 Å². The molecule has 0 heterocycles. The van der Waals surface area contributed by atoms with E-state index in [1.54, 1.807) is 0 Å². The molecule has 0 aromatic heterocycles. The van der Waals surface area contributed by atoms with Crippen molar-refractivity contribution >= 4 is 5.96 Å². The average Bonchev–Trinajstić information content (AvgIpc) is 2.28. The van der Waals surface area contributed by atoms with Gasteiger partial charge in [-0.3, -0.25) is 10.4 Å². The average molecular weight is 230 g/mol. The molecule has 96 valence electrons. The van der Waals surface area contributed by atoms with Gasteiger partial charge in [-0.25, -0.2) is 5.84 Å². The van der Waals surface area contributed by atoms with Gasteiger partial charge in [0.25, 0.3) is 0 Å². The van der Waals surface area contributed by atoms with Crippen molar-refractivity contribution in [1.82, 2.24) is 10.7 Å². The van der Waals surface area contributed by atoms with E-state index < -0.39 is 0 Å². The van der Waals surface area contributed by atoms with Gasteiger partial charge in [-0.1, -0.05) is 20.8 Å². The summed E-state index contributed by atoms with van der Waals surface area (Å²) in [4.78, 5) is 4.30. The molecule has 0 radical (unpaired) electrons. The summed E-state index contributed by atoms with van der Waals surface area (Å²) in [6.45, 7) is 10.5. The van der Waals surface area contributed by atoms with Crippen molar-refractivity contribution in [3.05, 3.63) is 0 Å². The van der Waals surface area contributed by atoms with Crippen LogP contribution in [0.25, 0.3) is 0 Å². The Kier molecular flexibility index (Phi) is 8.94. The Morgan fingerprint density at radius 3 is 2.50 bits per heavy atom. The largest absolute Gasteiger partial charge is 0.380 e. The van der Waals surface area contributed by atoms with E-state index in [0.717, 1.165) is 19.6 Å². The molecule has 0 bridgehead atoms. The highest BCUT2D eigenvalue weighted by Crippen LogP contribution is 2.02. The van der Waals surface area contributed by atoms with E-state index in [0.29, 0.717) is 18.5 Å². The molecule has 1 atom stereocenters. The van der Waals surface area contributed by atoms with Crippen LogP contribution >= 0.6 is 0 Å². The van der Waals surface area contributed by atoms with E-state index in [1.165, 1.54) is 0 Å². The van der Waals surface area contributed by atoms with E-state index in [2.05, 4.69) is 36.5 Å². The van der Waals surface area contributed by atoms with Gasteiger partial charge in [0, 0.05) is 13.2 Å². The fourth-order valence-electron chi connectivity index (χ4n) is 1.18. The van der Waals surface area contributed by atoms with Crippen molar-refractivity contribution < 1.29 is 4.74 Å².